The van der Waals surface area contributed by atoms with Crippen molar-refractivity contribution in [2.45, 2.75) is 13.8 Å². The summed E-state index contributed by atoms with van der Waals surface area (Å²) in [5.41, 5.74) is 3.04. The zero-order valence-electron chi connectivity index (χ0n) is 15.0. The summed E-state index contributed by atoms with van der Waals surface area (Å²) in [6.07, 6.45) is 1.46. The third-order valence-corrected chi connectivity index (χ3v) is 4.71. The lowest BCUT2D eigenvalue weighted by Gasteiger charge is -2.30. The molecule has 3 rings (SSSR count). The Morgan fingerprint density at radius 3 is 2.56 bits per heavy atom. The summed E-state index contributed by atoms with van der Waals surface area (Å²) in [5.74, 6) is -0.565. The number of carbonyl (C=O) groups is 2. The Bertz CT molecular complexity index is 1000. The Morgan fingerprint density at radius 2 is 1.89 bits per heavy atom. The van der Waals surface area contributed by atoms with Gasteiger partial charge in [0.1, 0.15) is 11.3 Å². The molecular formula is C20H17ClN2O3S. The van der Waals surface area contributed by atoms with Crippen molar-refractivity contribution in [1.29, 1.82) is 0 Å². The van der Waals surface area contributed by atoms with E-state index in [1.807, 2.05) is 32.0 Å². The van der Waals surface area contributed by atoms with E-state index < -0.39 is 11.8 Å². The standard InChI is InChI=1S/C20H17ClN2O3S/c1-11-4-6-16(12(2)8-11)23-19(25)15(18(24)22-20(23)27)10-13-9-14(21)5-7-17(13)26-3/h4-10H,1-3H3,(H,22,24,27). The molecule has 27 heavy (non-hydrogen) atoms. The van der Waals surface area contributed by atoms with E-state index in [-0.39, 0.29) is 10.7 Å². The van der Waals surface area contributed by atoms with Crippen molar-refractivity contribution < 1.29 is 14.3 Å². The first-order valence-corrected chi connectivity index (χ1v) is 8.92. The van der Waals surface area contributed by atoms with Gasteiger partial charge in [-0.3, -0.25) is 19.8 Å². The molecule has 0 unspecified atom stereocenters. The first-order chi connectivity index (χ1) is 12.8. The number of amides is 2. The Labute approximate surface area is 167 Å². The van der Waals surface area contributed by atoms with Crippen molar-refractivity contribution >= 4 is 52.5 Å². The molecule has 0 spiro atoms. The number of benzene rings is 2. The van der Waals surface area contributed by atoms with E-state index in [1.165, 1.54) is 18.1 Å². The minimum atomic E-state index is -0.562. The van der Waals surface area contributed by atoms with Gasteiger partial charge in [-0.15, -0.1) is 0 Å². The first kappa shape index (κ1) is 19.1. The maximum atomic E-state index is 13.1. The molecule has 2 aromatic rings. The number of aryl methyl sites for hydroxylation is 2. The zero-order chi connectivity index (χ0) is 19.7. The van der Waals surface area contributed by atoms with Gasteiger partial charge in [-0.2, -0.15) is 0 Å². The highest BCUT2D eigenvalue weighted by atomic mass is 35.5. The maximum Gasteiger partial charge on any atom is 0.270 e. The van der Waals surface area contributed by atoms with E-state index >= 15 is 0 Å². The summed E-state index contributed by atoms with van der Waals surface area (Å²) >= 11 is 11.3. The summed E-state index contributed by atoms with van der Waals surface area (Å²) in [7, 11) is 1.51. The van der Waals surface area contributed by atoms with Crippen molar-refractivity contribution in [3.8, 4) is 5.75 Å². The molecular weight excluding hydrogens is 384 g/mol. The quantitative estimate of drug-likeness (QED) is 0.483. The summed E-state index contributed by atoms with van der Waals surface area (Å²) < 4.78 is 5.29. The van der Waals surface area contributed by atoms with Crippen LogP contribution in [0.3, 0.4) is 0 Å². The normalized spacial score (nSPS) is 15.9. The molecule has 1 aliphatic rings. The maximum absolute atomic E-state index is 13.1. The molecule has 0 atom stereocenters. The Kier molecular flexibility index (Phi) is 5.30. The number of rotatable bonds is 3. The lowest BCUT2D eigenvalue weighted by molar-refractivity contribution is -0.122. The van der Waals surface area contributed by atoms with Crippen LogP contribution >= 0.6 is 23.8 Å². The first-order valence-electron chi connectivity index (χ1n) is 8.14. The molecule has 0 saturated carbocycles. The second-order valence-electron chi connectivity index (χ2n) is 6.13. The van der Waals surface area contributed by atoms with Crippen LogP contribution in [0.2, 0.25) is 5.02 Å². The average Bonchev–Trinajstić information content (AvgIpc) is 2.60. The minimum Gasteiger partial charge on any atom is -0.496 e. The molecule has 0 bridgehead atoms. The SMILES string of the molecule is COc1ccc(Cl)cc1C=C1C(=O)NC(=S)N(c2ccc(C)cc2C)C1=O. The van der Waals surface area contributed by atoms with Crippen molar-refractivity contribution in [2.24, 2.45) is 0 Å². The van der Waals surface area contributed by atoms with Crippen LogP contribution in [0.25, 0.3) is 6.08 Å². The zero-order valence-corrected chi connectivity index (χ0v) is 16.6. The minimum absolute atomic E-state index is 0.0483. The van der Waals surface area contributed by atoms with Gasteiger partial charge in [0.25, 0.3) is 11.8 Å². The topological polar surface area (TPSA) is 58.6 Å². The molecule has 0 radical (unpaired) electrons. The fourth-order valence-electron chi connectivity index (χ4n) is 2.91. The highest BCUT2D eigenvalue weighted by Crippen LogP contribution is 2.29. The molecule has 0 aromatic heterocycles. The lowest BCUT2D eigenvalue weighted by Crippen LogP contribution is -2.54. The molecule has 0 aliphatic carbocycles. The smallest absolute Gasteiger partial charge is 0.270 e. The van der Waals surface area contributed by atoms with Crippen LogP contribution < -0.4 is 15.0 Å². The number of nitrogens with zero attached hydrogens (tertiary/aromatic N) is 1. The lowest BCUT2D eigenvalue weighted by atomic mass is 10.0. The Morgan fingerprint density at radius 1 is 1.15 bits per heavy atom. The molecule has 1 saturated heterocycles. The summed E-state index contributed by atoms with van der Waals surface area (Å²) in [6.45, 7) is 3.85. The number of carbonyl (C=O) groups excluding carboxylic acids is 2. The molecule has 1 aliphatic heterocycles. The third-order valence-electron chi connectivity index (χ3n) is 4.19. The Hall–Kier alpha value is -2.70. The van der Waals surface area contributed by atoms with Crippen LogP contribution in [0.4, 0.5) is 5.69 Å². The van der Waals surface area contributed by atoms with Gasteiger partial charge in [0.05, 0.1) is 12.8 Å². The number of hydrogen-bond acceptors (Lipinski definition) is 4. The fraction of sp³-hybridized carbons (Fsp3) is 0.150. The molecule has 2 aromatic carbocycles. The number of nitrogens with one attached hydrogen (secondary N) is 1. The van der Waals surface area contributed by atoms with Crippen LogP contribution in [-0.4, -0.2) is 24.0 Å². The molecule has 1 fully saturated rings. The van der Waals surface area contributed by atoms with Gasteiger partial charge >= 0.3 is 0 Å². The highest BCUT2D eigenvalue weighted by molar-refractivity contribution is 7.80. The van der Waals surface area contributed by atoms with Gasteiger partial charge in [0.2, 0.25) is 0 Å². The van der Waals surface area contributed by atoms with Gasteiger partial charge in [-0.1, -0.05) is 29.3 Å². The van der Waals surface area contributed by atoms with Gasteiger partial charge in [-0.05, 0) is 62.0 Å². The van der Waals surface area contributed by atoms with Crippen LogP contribution in [0, 0.1) is 13.8 Å². The van der Waals surface area contributed by atoms with Crippen LogP contribution in [0.15, 0.2) is 42.0 Å². The fourth-order valence-corrected chi connectivity index (χ4v) is 3.36. The van der Waals surface area contributed by atoms with Gasteiger partial charge in [0.15, 0.2) is 5.11 Å². The average molecular weight is 401 g/mol. The van der Waals surface area contributed by atoms with E-state index in [9.17, 15) is 9.59 Å². The molecule has 7 heteroatoms. The largest absolute Gasteiger partial charge is 0.496 e. The molecule has 1 heterocycles. The monoisotopic (exact) mass is 400 g/mol. The van der Waals surface area contributed by atoms with E-state index in [1.54, 1.807) is 18.2 Å². The molecule has 1 N–H and O–H groups in total. The third kappa shape index (κ3) is 3.72. The van der Waals surface area contributed by atoms with E-state index in [4.69, 9.17) is 28.6 Å². The van der Waals surface area contributed by atoms with E-state index in [0.717, 1.165) is 11.1 Å². The summed E-state index contributed by atoms with van der Waals surface area (Å²) in [6, 6.07) is 10.6. The number of thiocarbonyl (C=S) groups is 1. The van der Waals surface area contributed by atoms with E-state index in [0.29, 0.717) is 22.0 Å². The molecule has 138 valence electrons. The van der Waals surface area contributed by atoms with Crippen LogP contribution in [-0.2, 0) is 9.59 Å². The van der Waals surface area contributed by atoms with Crippen LogP contribution in [0.1, 0.15) is 16.7 Å². The van der Waals surface area contributed by atoms with Gasteiger partial charge in [-0.25, -0.2) is 0 Å². The second-order valence-corrected chi connectivity index (χ2v) is 6.96. The van der Waals surface area contributed by atoms with Crippen molar-refractivity contribution in [3.05, 3.63) is 63.7 Å². The number of methoxy groups -OCH3 is 1. The highest BCUT2D eigenvalue weighted by Gasteiger charge is 2.35. The second kappa shape index (κ2) is 7.50. The predicted molar refractivity (Wildman–Crippen MR) is 110 cm³/mol. The summed E-state index contributed by atoms with van der Waals surface area (Å²) in [4.78, 5) is 26.9. The van der Waals surface area contributed by atoms with Gasteiger partial charge < -0.3 is 4.74 Å². The van der Waals surface area contributed by atoms with Crippen molar-refractivity contribution in [1.82, 2.24) is 5.32 Å². The number of ether oxygens (including phenoxy) is 1. The number of anilines is 1. The van der Waals surface area contributed by atoms with Crippen molar-refractivity contribution in [3.63, 3.8) is 0 Å². The summed E-state index contributed by atoms with van der Waals surface area (Å²) in [5, 5.41) is 3.09. The van der Waals surface area contributed by atoms with Crippen LogP contribution in [0.5, 0.6) is 5.75 Å². The number of halogens is 1. The van der Waals surface area contributed by atoms with E-state index in [2.05, 4.69) is 5.32 Å². The van der Waals surface area contributed by atoms with Crippen molar-refractivity contribution in [2.75, 3.05) is 12.0 Å². The number of hydrogen-bond donors (Lipinski definition) is 1. The molecule has 5 nitrogen and oxygen atoms in total. The van der Waals surface area contributed by atoms with Gasteiger partial charge in [0, 0.05) is 10.6 Å². The molecule has 2 amide bonds. The predicted octanol–water partition coefficient (Wildman–Crippen LogP) is 3.80. The Balaban J connectivity index is 2.09.